The van der Waals surface area contributed by atoms with E-state index in [9.17, 15) is 0 Å². The van der Waals surface area contributed by atoms with Crippen LogP contribution in [0.5, 0.6) is 0 Å². The fourth-order valence-electron chi connectivity index (χ4n) is 7.22. The molecule has 0 aliphatic carbocycles. The third kappa shape index (κ3) is 10.6. The third-order valence-electron chi connectivity index (χ3n) is 9.88. The van der Waals surface area contributed by atoms with Crippen LogP contribution in [0.15, 0.2) is 109 Å². The van der Waals surface area contributed by atoms with E-state index in [2.05, 4.69) is 139 Å². The van der Waals surface area contributed by atoms with E-state index in [1.807, 2.05) is 35.8 Å². The summed E-state index contributed by atoms with van der Waals surface area (Å²) in [6, 6.07) is 37.2. The molecule has 0 bridgehead atoms. The fraction of sp³-hybridized carbons (Fsp3) is 0.457. The predicted molar refractivity (Wildman–Crippen MR) is 210 cm³/mol. The van der Waals surface area contributed by atoms with Crippen molar-refractivity contribution >= 4 is 6.03 Å². The van der Waals surface area contributed by atoms with E-state index in [-0.39, 0.29) is 41.5 Å². The summed E-state index contributed by atoms with van der Waals surface area (Å²) in [6.07, 6.45) is 0.562. The summed E-state index contributed by atoms with van der Waals surface area (Å²) in [5.41, 5.74) is 6.15. The number of hydrogen-bond acceptors (Lipinski definition) is 5. The Morgan fingerprint density at radius 2 is 0.868 bits per heavy atom. The number of carbonyl (C=O) groups is 1. The van der Waals surface area contributed by atoms with E-state index in [4.69, 9.17) is 18.9 Å². The Morgan fingerprint density at radius 3 is 1.21 bits per heavy atom. The Morgan fingerprint density at radius 1 is 0.528 bits per heavy atom. The van der Waals surface area contributed by atoms with E-state index in [0.717, 1.165) is 33.4 Å². The van der Waals surface area contributed by atoms with Crippen LogP contribution in [-0.4, -0.2) is 57.1 Å². The molecule has 0 unspecified atom stereocenters. The molecule has 2 fully saturated rings. The van der Waals surface area contributed by atoms with Crippen molar-refractivity contribution in [1.29, 1.82) is 0 Å². The molecule has 53 heavy (non-hydrogen) atoms. The molecule has 2 aliphatic heterocycles. The number of urea groups is 1. The highest BCUT2D eigenvalue weighted by Crippen LogP contribution is 2.40. The van der Waals surface area contributed by atoms with E-state index in [1.165, 1.54) is 0 Å². The van der Waals surface area contributed by atoms with Gasteiger partial charge in [-0.2, -0.15) is 0 Å². The first-order valence-corrected chi connectivity index (χ1v) is 19.1. The van der Waals surface area contributed by atoms with Gasteiger partial charge in [-0.3, -0.25) is 0 Å². The molecule has 0 saturated carbocycles. The standard InChI is InChI=1S/C46H58N2O5/c1-44(2,3)50-31-37-23-19-35(20-24-37)29-47-39(27-33-15-11-9-12-16-33)41-42(53-46(7,8)52-41)40(28-34-17-13-10-14-18-34)48(43(47)49)30-36-21-25-38(26-22-36)32-51-45(4,5)6/h9-26,39-42H,27-32H2,1-8H3/t39-,40-,41+,42+/m1/s1. The molecule has 0 radical (unpaired) electrons. The van der Waals surface area contributed by atoms with Crippen molar-refractivity contribution in [2.75, 3.05) is 0 Å². The lowest BCUT2D eigenvalue weighted by molar-refractivity contribution is -0.157. The molecular formula is C46H58N2O5. The first-order valence-electron chi connectivity index (χ1n) is 19.1. The lowest BCUT2D eigenvalue weighted by Crippen LogP contribution is -2.51. The van der Waals surface area contributed by atoms with Crippen molar-refractivity contribution in [3.05, 3.63) is 143 Å². The monoisotopic (exact) mass is 718 g/mol. The van der Waals surface area contributed by atoms with Crippen LogP contribution in [0.1, 0.15) is 88.8 Å². The van der Waals surface area contributed by atoms with Crippen molar-refractivity contribution in [3.63, 3.8) is 0 Å². The molecule has 0 aromatic heterocycles. The lowest BCUT2D eigenvalue weighted by atomic mass is 9.91. The van der Waals surface area contributed by atoms with E-state index >= 15 is 4.79 Å². The number of rotatable bonds is 12. The van der Waals surface area contributed by atoms with E-state index in [1.54, 1.807) is 0 Å². The second kappa shape index (κ2) is 16.2. The molecule has 4 aromatic rings. The molecule has 0 N–H and O–H groups in total. The van der Waals surface area contributed by atoms with Gasteiger partial charge in [0.25, 0.3) is 0 Å². The van der Waals surface area contributed by atoms with Crippen LogP contribution in [0, 0.1) is 0 Å². The van der Waals surface area contributed by atoms with Gasteiger partial charge in [-0.15, -0.1) is 0 Å². The van der Waals surface area contributed by atoms with Gasteiger partial charge in [0.15, 0.2) is 5.79 Å². The molecule has 7 heteroatoms. The number of amides is 2. The summed E-state index contributed by atoms with van der Waals surface area (Å²) in [4.78, 5) is 19.5. The molecule has 2 aliphatic rings. The number of carbonyl (C=O) groups excluding carboxylic acids is 1. The Kier molecular flexibility index (Phi) is 11.8. The molecule has 2 amide bonds. The minimum atomic E-state index is -0.819. The van der Waals surface area contributed by atoms with Gasteiger partial charge in [0.05, 0.1) is 36.5 Å². The fourth-order valence-corrected chi connectivity index (χ4v) is 7.22. The van der Waals surface area contributed by atoms with Crippen LogP contribution in [0.2, 0.25) is 0 Å². The van der Waals surface area contributed by atoms with Gasteiger partial charge in [0.2, 0.25) is 0 Å². The average Bonchev–Trinajstić information content (AvgIpc) is 3.42. The Labute approximate surface area is 317 Å². The number of ether oxygens (including phenoxy) is 4. The van der Waals surface area contributed by atoms with Crippen molar-refractivity contribution in [1.82, 2.24) is 9.80 Å². The van der Waals surface area contributed by atoms with Crippen molar-refractivity contribution < 1.29 is 23.7 Å². The minimum Gasteiger partial charge on any atom is -0.371 e. The highest BCUT2D eigenvalue weighted by Gasteiger charge is 2.55. The first kappa shape index (κ1) is 38.7. The first-order chi connectivity index (χ1) is 25.1. The van der Waals surface area contributed by atoms with Crippen LogP contribution in [-0.2, 0) is 58.1 Å². The summed E-state index contributed by atoms with van der Waals surface area (Å²) in [6.45, 7) is 18.3. The maximum atomic E-state index is 15.4. The minimum absolute atomic E-state index is 0.0217. The lowest BCUT2D eigenvalue weighted by Gasteiger charge is -2.37. The average molecular weight is 719 g/mol. The van der Waals surface area contributed by atoms with Gasteiger partial charge in [0, 0.05) is 13.1 Å². The highest BCUT2D eigenvalue weighted by molar-refractivity contribution is 5.76. The van der Waals surface area contributed by atoms with E-state index < -0.39 is 5.79 Å². The summed E-state index contributed by atoms with van der Waals surface area (Å²) < 4.78 is 25.9. The van der Waals surface area contributed by atoms with Crippen LogP contribution in [0.3, 0.4) is 0 Å². The smallest absolute Gasteiger partial charge is 0.321 e. The maximum Gasteiger partial charge on any atom is 0.321 e. The molecule has 282 valence electrons. The largest absolute Gasteiger partial charge is 0.371 e. The maximum absolute atomic E-state index is 15.4. The van der Waals surface area contributed by atoms with Gasteiger partial charge in [0.1, 0.15) is 12.2 Å². The zero-order chi connectivity index (χ0) is 37.8. The van der Waals surface area contributed by atoms with Gasteiger partial charge in [-0.25, -0.2) is 4.79 Å². The zero-order valence-corrected chi connectivity index (χ0v) is 32.9. The van der Waals surface area contributed by atoms with Crippen LogP contribution in [0.4, 0.5) is 4.79 Å². The Bertz CT molecular complexity index is 1630. The second-order valence-electron chi connectivity index (χ2n) is 17.1. The van der Waals surface area contributed by atoms with Crippen molar-refractivity contribution in [2.24, 2.45) is 0 Å². The SMILES string of the molecule is CC(C)(C)OCc1ccc(CN2C(=O)N(Cc3ccc(COC(C)(C)C)cc3)[C@H](Cc3ccccc3)[C@@H]3OC(C)(C)O[C@H]3[C@H]2Cc2ccccc2)cc1. The van der Waals surface area contributed by atoms with E-state index in [0.29, 0.717) is 39.1 Å². The molecule has 2 saturated heterocycles. The molecule has 7 nitrogen and oxygen atoms in total. The molecule has 4 atom stereocenters. The van der Waals surface area contributed by atoms with Crippen LogP contribution >= 0.6 is 0 Å². The number of nitrogens with zero attached hydrogens (tertiary/aromatic N) is 2. The van der Waals surface area contributed by atoms with Gasteiger partial charge in [-0.05, 0) is 102 Å². The zero-order valence-electron chi connectivity index (χ0n) is 32.9. The number of fused-ring (bicyclic) bond motifs is 1. The Balaban J connectivity index is 1.40. The van der Waals surface area contributed by atoms with Crippen molar-refractivity contribution in [3.8, 4) is 0 Å². The molecular weight excluding hydrogens is 661 g/mol. The number of hydrogen-bond donors (Lipinski definition) is 0. The quantitative estimate of drug-likeness (QED) is 0.146. The summed E-state index contributed by atoms with van der Waals surface area (Å²) in [5, 5.41) is 0. The predicted octanol–water partition coefficient (Wildman–Crippen LogP) is 9.50. The number of benzene rings is 4. The van der Waals surface area contributed by atoms with Gasteiger partial charge in [-0.1, -0.05) is 109 Å². The summed E-state index contributed by atoms with van der Waals surface area (Å²) >= 11 is 0. The highest BCUT2D eigenvalue weighted by atomic mass is 16.8. The molecule has 4 aromatic carbocycles. The van der Waals surface area contributed by atoms with Crippen molar-refractivity contribution in [2.45, 2.75) is 136 Å². The second-order valence-corrected chi connectivity index (χ2v) is 17.1. The topological polar surface area (TPSA) is 60.5 Å². The van der Waals surface area contributed by atoms with Gasteiger partial charge < -0.3 is 28.7 Å². The van der Waals surface area contributed by atoms with Crippen LogP contribution in [0.25, 0.3) is 0 Å². The Hall–Kier alpha value is -4.01. The molecule has 0 spiro atoms. The molecule has 2 heterocycles. The normalized spacial score (nSPS) is 21.8. The third-order valence-corrected chi connectivity index (χ3v) is 9.88. The summed E-state index contributed by atoms with van der Waals surface area (Å²) in [5.74, 6) is -0.819. The van der Waals surface area contributed by atoms with Crippen LogP contribution < -0.4 is 0 Å². The summed E-state index contributed by atoms with van der Waals surface area (Å²) in [7, 11) is 0. The van der Waals surface area contributed by atoms with Gasteiger partial charge >= 0.3 is 6.03 Å². The molecule has 6 rings (SSSR count).